The average Bonchev–Trinajstić information content (AvgIpc) is 3.15. The number of amides is 1. The molecule has 1 aromatic heterocycles. The lowest BCUT2D eigenvalue weighted by molar-refractivity contribution is 0.102. The Morgan fingerprint density at radius 3 is 2.50 bits per heavy atom. The summed E-state index contributed by atoms with van der Waals surface area (Å²) < 4.78 is 16.5. The molecule has 0 saturated carbocycles. The van der Waals surface area contributed by atoms with Gasteiger partial charge in [-0.25, -0.2) is 4.98 Å². The summed E-state index contributed by atoms with van der Waals surface area (Å²) in [5.41, 5.74) is 1.81. The topological polar surface area (TPSA) is 69.7 Å². The molecular formula is C19H16BrClN2O4S. The maximum absolute atomic E-state index is 12.8. The monoisotopic (exact) mass is 482 g/mol. The van der Waals surface area contributed by atoms with Crippen LogP contribution in [0.25, 0.3) is 11.3 Å². The van der Waals surface area contributed by atoms with Gasteiger partial charge in [0, 0.05) is 16.0 Å². The number of methoxy groups -OCH3 is 3. The zero-order valence-electron chi connectivity index (χ0n) is 15.2. The number of hydrogen-bond acceptors (Lipinski definition) is 6. The average molecular weight is 484 g/mol. The first-order valence-electron chi connectivity index (χ1n) is 8.00. The lowest BCUT2D eigenvalue weighted by Gasteiger charge is -2.16. The first-order valence-corrected chi connectivity index (χ1v) is 10.1. The molecule has 0 aliphatic carbocycles. The molecule has 146 valence electrons. The molecule has 1 amide bonds. The molecule has 0 aliphatic heterocycles. The van der Waals surface area contributed by atoms with Gasteiger partial charge in [0.05, 0.1) is 37.1 Å². The van der Waals surface area contributed by atoms with Crippen molar-refractivity contribution in [3.8, 4) is 28.5 Å². The Balaban J connectivity index is 1.91. The Morgan fingerprint density at radius 2 is 1.86 bits per heavy atom. The third-order valence-electron chi connectivity index (χ3n) is 3.89. The van der Waals surface area contributed by atoms with E-state index in [1.165, 1.54) is 32.7 Å². The van der Waals surface area contributed by atoms with Crippen LogP contribution in [0.3, 0.4) is 0 Å². The van der Waals surface area contributed by atoms with Gasteiger partial charge in [0.2, 0.25) is 5.75 Å². The van der Waals surface area contributed by atoms with E-state index in [9.17, 15) is 4.79 Å². The number of halogens is 2. The van der Waals surface area contributed by atoms with E-state index in [2.05, 4.69) is 26.2 Å². The lowest BCUT2D eigenvalue weighted by Crippen LogP contribution is -2.13. The second kappa shape index (κ2) is 8.81. The van der Waals surface area contributed by atoms with Crippen molar-refractivity contribution in [3.63, 3.8) is 0 Å². The molecule has 0 bridgehead atoms. The summed E-state index contributed by atoms with van der Waals surface area (Å²) in [7, 11) is 4.47. The fourth-order valence-electron chi connectivity index (χ4n) is 2.57. The quantitative estimate of drug-likeness (QED) is 0.501. The first kappa shape index (κ1) is 20.4. The Morgan fingerprint density at radius 1 is 1.14 bits per heavy atom. The largest absolute Gasteiger partial charge is 0.493 e. The lowest BCUT2D eigenvalue weighted by atomic mass is 10.1. The van der Waals surface area contributed by atoms with Crippen molar-refractivity contribution in [2.75, 3.05) is 26.6 Å². The van der Waals surface area contributed by atoms with E-state index in [1.807, 2.05) is 23.6 Å². The minimum Gasteiger partial charge on any atom is -0.493 e. The minimum absolute atomic E-state index is 0.323. The number of carbonyl (C=O) groups excluding carboxylic acids is 1. The number of nitrogens with zero attached hydrogens (tertiary/aromatic N) is 1. The van der Waals surface area contributed by atoms with E-state index in [1.54, 1.807) is 12.1 Å². The molecule has 6 nitrogen and oxygen atoms in total. The van der Waals surface area contributed by atoms with Crippen LogP contribution in [0.15, 0.2) is 40.2 Å². The summed E-state index contributed by atoms with van der Waals surface area (Å²) in [6, 6.07) is 8.97. The van der Waals surface area contributed by atoms with Crippen molar-refractivity contribution < 1.29 is 19.0 Å². The van der Waals surface area contributed by atoms with E-state index in [4.69, 9.17) is 25.8 Å². The Bertz CT molecular complexity index is 1030. The zero-order chi connectivity index (χ0) is 20.3. The van der Waals surface area contributed by atoms with Gasteiger partial charge in [0.15, 0.2) is 16.6 Å². The summed E-state index contributed by atoms with van der Waals surface area (Å²) >= 11 is 10.9. The van der Waals surface area contributed by atoms with Gasteiger partial charge < -0.3 is 14.2 Å². The van der Waals surface area contributed by atoms with Crippen LogP contribution >= 0.6 is 38.9 Å². The molecule has 9 heteroatoms. The number of hydrogen-bond donors (Lipinski definition) is 1. The van der Waals surface area contributed by atoms with E-state index in [0.717, 1.165) is 5.56 Å². The van der Waals surface area contributed by atoms with Crippen LogP contribution in [0.5, 0.6) is 17.2 Å². The number of aromatic nitrogens is 1. The van der Waals surface area contributed by atoms with E-state index in [-0.39, 0.29) is 5.91 Å². The zero-order valence-corrected chi connectivity index (χ0v) is 18.4. The van der Waals surface area contributed by atoms with Crippen molar-refractivity contribution in [2.45, 2.75) is 0 Å². The Kier molecular flexibility index (Phi) is 6.43. The van der Waals surface area contributed by atoms with Gasteiger partial charge >= 0.3 is 0 Å². The maximum Gasteiger partial charge on any atom is 0.258 e. The molecule has 0 fully saturated rings. The molecule has 1 N–H and O–H groups in total. The number of ether oxygens (including phenoxy) is 3. The highest BCUT2D eigenvalue weighted by molar-refractivity contribution is 9.10. The smallest absolute Gasteiger partial charge is 0.258 e. The van der Waals surface area contributed by atoms with Crippen molar-refractivity contribution in [3.05, 3.63) is 50.8 Å². The molecule has 3 rings (SSSR count). The van der Waals surface area contributed by atoms with Crippen molar-refractivity contribution >= 4 is 49.9 Å². The molecule has 0 atom stereocenters. The van der Waals surface area contributed by atoms with Gasteiger partial charge in [0.1, 0.15) is 0 Å². The van der Waals surface area contributed by atoms with Gasteiger partial charge in [-0.15, -0.1) is 11.3 Å². The molecule has 28 heavy (non-hydrogen) atoms. The van der Waals surface area contributed by atoms with Gasteiger partial charge in [-0.1, -0.05) is 29.8 Å². The number of benzene rings is 2. The number of carbonyl (C=O) groups is 1. The molecule has 0 radical (unpaired) electrons. The summed E-state index contributed by atoms with van der Waals surface area (Å²) in [5, 5.41) is 5.67. The van der Waals surface area contributed by atoms with Crippen LogP contribution in [-0.4, -0.2) is 32.2 Å². The molecule has 0 aliphatic rings. The van der Waals surface area contributed by atoms with Gasteiger partial charge in [-0.3, -0.25) is 10.1 Å². The number of anilines is 1. The summed E-state index contributed by atoms with van der Waals surface area (Å²) in [4.78, 5) is 17.3. The van der Waals surface area contributed by atoms with Gasteiger partial charge in [-0.2, -0.15) is 0 Å². The normalized spacial score (nSPS) is 10.5. The molecule has 3 aromatic rings. The van der Waals surface area contributed by atoms with Crippen LogP contribution in [0.2, 0.25) is 5.02 Å². The SMILES string of the molecule is COc1cc(C(=O)Nc2nc(-c3ccccc3Cl)cs2)c(Br)c(OC)c1OC. The third-order valence-corrected chi connectivity index (χ3v) is 5.76. The fraction of sp³-hybridized carbons (Fsp3) is 0.158. The van der Waals surface area contributed by atoms with Crippen LogP contribution in [0, 0.1) is 0 Å². The van der Waals surface area contributed by atoms with Crippen LogP contribution < -0.4 is 19.5 Å². The second-order valence-electron chi connectivity index (χ2n) is 5.48. The highest BCUT2D eigenvalue weighted by Gasteiger charge is 2.23. The van der Waals surface area contributed by atoms with Crippen molar-refractivity contribution in [1.82, 2.24) is 4.98 Å². The highest BCUT2D eigenvalue weighted by Crippen LogP contribution is 2.45. The number of nitrogens with one attached hydrogen (secondary N) is 1. The third kappa shape index (κ3) is 3.94. The number of thiazole rings is 1. The number of rotatable bonds is 6. The van der Waals surface area contributed by atoms with Crippen LogP contribution in [0.4, 0.5) is 5.13 Å². The molecular weight excluding hydrogens is 468 g/mol. The molecule has 0 unspecified atom stereocenters. The highest BCUT2D eigenvalue weighted by atomic mass is 79.9. The van der Waals surface area contributed by atoms with Crippen LogP contribution in [0.1, 0.15) is 10.4 Å². The van der Waals surface area contributed by atoms with Gasteiger partial charge in [-0.05, 0) is 28.1 Å². The predicted octanol–water partition coefficient (Wildman–Crippen LogP) is 5.50. The second-order valence-corrected chi connectivity index (χ2v) is 7.54. The summed E-state index contributed by atoms with van der Waals surface area (Å²) in [6.07, 6.45) is 0. The van der Waals surface area contributed by atoms with E-state index in [0.29, 0.717) is 43.1 Å². The van der Waals surface area contributed by atoms with E-state index < -0.39 is 0 Å². The molecule has 1 heterocycles. The summed E-state index contributed by atoms with van der Waals surface area (Å²) in [5.74, 6) is 0.765. The first-order chi connectivity index (χ1) is 13.5. The minimum atomic E-state index is -0.369. The van der Waals surface area contributed by atoms with Gasteiger partial charge in [0.25, 0.3) is 5.91 Å². The summed E-state index contributed by atoms with van der Waals surface area (Å²) in [6.45, 7) is 0. The van der Waals surface area contributed by atoms with Crippen molar-refractivity contribution in [1.29, 1.82) is 0 Å². The van der Waals surface area contributed by atoms with Crippen LogP contribution in [-0.2, 0) is 0 Å². The molecule has 2 aromatic carbocycles. The Hall–Kier alpha value is -2.29. The fourth-order valence-corrected chi connectivity index (χ4v) is 4.15. The standard InChI is InChI=1S/C19H16BrClN2O4S/c1-25-14-8-11(15(20)17(27-3)16(14)26-2)18(24)23-19-22-13(9-28-19)10-6-4-5-7-12(10)21/h4-9H,1-3H3,(H,22,23,24). The Labute approximate surface area is 179 Å². The molecule has 0 saturated heterocycles. The van der Waals surface area contributed by atoms with Crippen molar-refractivity contribution in [2.24, 2.45) is 0 Å². The predicted molar refractivity (Wildman–Crippen MR) is 114 cm³/mol. The molecule has 0 spiro atoms. The maximum atomic E-state index is 12.8. The van der Waals surface area contributed by atoms with E-state index >= 15 is 0 Å².